The SMILES string of the molecule is COC(=O)c1ccc(CN(C)C(=O)C2(c3ccc(Cl)cc3)CCCC2)cc1. The van der Waals surface area contributed by atoms with Gasteiger partial charge in [0.2, 0.25) is 5.91 Å². The van der Waals surface area contributed by atoms with Gasteiger partial charge in [-0.05, 0) is 48.2 Å². The van der Waals surface area contributed by atoms with Crippen molar-refractivity contribution in [3.05, 3.63) is 70.2 Å². The Morgan fingerprint density at radius 1 is 1.04 bits per heavy atom. The molecule has 1 aliphatic carbocycles. The molecule has 0 aromatic heterocycles. The molecule has 0 heterocycles. The average molecular weight is 386 g/mol. The molecule has 2 aromatic rings. The fourth-order valence-corrected chi connectivity index (χ4v) is 4.07. The highest BCUT2D eigenvalue weighted by Gasteiger charge is 2.44. The van der Waals surface area contributed by atoms with E-state index in [1.807, 2.05) is 43.4 Å². The minimum absolute atomic E-state index is 0.138. The van der Waals surface area contributed by atoms with Crippen LogP contribution in [0.25, 0.3) is 0 Å². The Bertz CT molecular complexity index is 808. The summed E-state index contributed by atoms with van der Waals surface area (Å²) < 4.78 is 4.72. The molecule has 0 radical (unpaired) electrons. The summed E-state index contributed by atoms with van der Waals surface area (Å²) in [7, 11) is 3.20. The molecule has 0 spiro atoms. The highest BCUT2D eigenvalue weighted by molar-refractivity contribution is 6.30. The molecule has 0 atom stereocenters. The van der Waals surface area contributed by atoms with E-state index < -0.39 is 5.41 Å². The van der Waals surface area contributed by atoms with Gasteiger partial charge in [-0.2, -0.15) is 0 Å². The van der Waals surface area contributed by atoms with Crippen molar-refractivity contribution in [3.63, 3.8) is 0 Å². The first-order valence-electron chi connectivity index (χ1n) is 9.15. The van der Waals surface area contributed by atoms with Crippen molar-refractivity contribution in [3.8, 4) is 0 Å². The number of hydrogen-bond donors (Lipinski definition) is 0. The Balaban J connectivity index is 1.78. The third-order valence-corrected chi connectivity index (χ3v) is 5.66. The average Bonchev–Trinajstić information content (AvgIpc) is 3.19. The van der Waals surface area contributed by atoms with Gasteiger partial charge in [0.15, 0.2) is 0 Å². The van der Waals surface area contributed by atoms with Gasteiger partial charge in [-0.15, -0.1) is 0 Å². The van der Waals surface area contributed by atoms with Gasteiger partial charge in [0.25, 0.3) is 0 Å². The van der Waals surface area contributed by atoms with Crippen LogP contribution in [0.2, 0.25) is 5.02 Å². The molecule has 5 heteroatoms. The number of hydrogen-bond acceptors (Lipinski definition) is 3. The summed E-state index contributed by atoms with van der Waals surface area (Å²) in [6.07, 6.45) is 3.82. The Kier molecular flexibility index (Phi) is 5.85. The van der Waals surface area contributed by atoms with Crippen LogP contribution in [-0.2, 0) is 21.5 Å². The molecule has 0 aliphatic heterocycles. The summed E-state index contributed by atoms with van der Waals surface area (Å²) >= 11 is 6.03. The van der Waals surface area contributed by atoms with E-state index in [1.165, 1.54) is 7.11 Å². The van der Waals surface area contributed by atoms with Gasteiger partial charge in [-0.25, -0.2) is 4.79 Å². The number of ether oxygens (including phenoxy) is 1. The Hall–Kier alpha value is -2.33. The molecule has 0 bridgehead atoms. The van der Waals surface area contributed by atoms with Crippen LogP contribution >= 0.6 is 11.6 Å². The van der Waals surface area contributed by atoms with Gasteiger partial charge >= 0.3 is 5.97 Å². The molecule has 3 rings (SSSR count). The van der Waals surface area contributed by atoms with Crippen molar-refractivity contribution in [2.45, 2.75) is 37.6 Å². The topological polar surface area (TPSA) is 46.6 Å². The lowest BCUT2D eigenvalue weighted by atomic mass is 9.77. The summed E-state index contributed by atoms with van der Waals surface area (Å²) in [5.74, 6) is -0.224. The number of esters is 1. The molecular formula is C22H24ClNO3. The largest absolute Gasteiger partial charge is 0.465 e. The molecule has 0 saturated heterocycles. The van der Waals surface area contributed by atoms with Gasteiger partial charge in [0.1, 0.15) is 0 Å². The molecule has 2 aromatic carbocycles. The van der Waals surface area contributed by atoms with E-state index in [0.717, 1.165) is 36.8 Å². The van der Waals surface area contributed by atoms with Crippen LogP contribution in [0.4, 0.5) is 0 Å². The van der Waals surface area contributed by atoms with Crippen molar-refractivity contribution in [2.24, 2.45) is 0 Å². The second-order valence-electron chi connectivity index (χ2n) is 7.15. The number of amides is 1. The number of carbonyl (C=O) groups excluding carboxylic acids is 2. The van der Waals surface area contributed by atoms with E-state index >= 15 is 0 Å². The lowest BCUT2D eigenvalue weighted by molar-refractivity contribution is -0.136. The van der Waals surface area contributed by atoms with Crippen LogP contribution < -0.4 is 0 Å². The Morgan fingerprint density at radius 2 is 1.63 bits per heavy atom. The fourth-order valence-electron chi connectivity index (χ4n) is 3.95. The van der Waals surface area contributed by atoms with Gasteiger partial charge in [-0.1, -0.05) is 48.7 Å². The van der Waals surface area contributed by atoms with E-state index in [4.69, 9.17) is 16.3 Å². The van der Waals surface area contributed by atoms with Crippen molar-refractivity contribution < 1.29 is 14.3 Å². The molecule has 1 aliphatic rings. The smallest absolute Gasteiger partial charge is 0.337 e. The first-order chi connectivity index (χ1) is 13.0. The van der Waals surface area contributed by atoms with Crippen molar-refractivity contribution in [1.82, 2.24) is 4.90 Å². The molecule has 0 N–H and O–H groups in total. The summed E-state index contributed by atoms with van der Waals surface area (Å²) in [6, 6.07) is 14.8. The number of benzene rings is 2. The molecule has 4 nitrogen and oxygen atoms in total. The van der Waals surface area contributed by atoms with Crippen LogP contribution in [0.3, 0.4) is 0 Å². The second kappa shape index (κ2) is 8.13. The minimum Gasteiger partial charge on any atom is -0.465 e. The maximum absolute atomic E-state index is 13.4. The van der Waals surface area contributed by atoms with Gasteiger partial charge in [0, 0.05) is 18.6 Å². The number of likely N-dealkylation sites (N-methyl/N-ethyl adjacent to an activating group) is 1. The van der Waals surface area contributed by atoms with Crippen LogP contribution in [0.1, 0.15) is 47.2 Å². The van der Waals surface area contributed by atoms with Crippen LogP contribution in [0, 0.1) is 0 Å². The van der Waals surface area contributed by atoms with E-state index in [0.29, 0.717) is 17.1 Å². The lowest BCUT2D eigenvalue weighted by Gasteiger charge is -2.33. The van der Waals surface area contributed by atoms with Gasteiger partial charge in [0.05, 0.1) is 18.1 Å². The predicted molar refractivity (Wildman–Crippen MR) is 106 cm³/mol. The molecular weight excluding hydrogens is 362 g/mol. The highest BCUT2D eigenvalue weighted by Crippen LogP contribution is 2.43. The van der Waals surface area contributed by atoms with Gasteiger partial charge in [-0.3, -0.25) is 4.79 Å². The Labute approximate surface area is 165 Å². The molecule has 142 valence electrons. The van der Waals surface area contributed by atoms with Crippen LogP contribution in [0.15, 0.2) is 48.5 Å². The van der Waals surface area contributed by atoms with Crippen LogP contribution in [0.5, 0.6) is 0 Å². The van der Waals surface area contributed by atoms with E-state index in [2.05, 4.69) is 0 Å². The summed E-state index contributed by atoms with van der Waals surface area (Å²) in [5.41, 5.74) is 2.05. The first kappa shape index (κ1) is 19.4. The van der Waals surface area contributed by atoms with E-state index in [9.17, 15) is 9.59 Å². The summed E-state index contributed by atoms with van der Waals surface area (Å²) in [5, 5.41) is 0.679. The zero-order chi connectivity index (χ0) is 19.4. The maximum Gasteiger partial charge on any atom is 0.337 e. The third-order valence-electron chi connectivity index (χ3n) is 5.40. The standard InChI is InChI=1S/C22H24ClNO3/c1-24(15-16-5-7-17(8-6-16)20(25)27-2)21(26)22(13-3-4-14-22)18-9-11-19(23)12-10-18/h5-12H,3-4,13-15H2,1-2H3. The fraction of sp³-hybridized carbons (Fsp3) is 0.364. The number of rotatable bonds is 5. The minimum atomic E-state index is -0.467. The Morgan fingerprint density at radius 3 is 2.19 bits per heavy atom. The maximum atomic E-state index is 13.4. The van der Waals surface area contributed by atoms with E-state index in [-0.39, 0.29) is 11.9 Å². The zero-order valence-electron chi connectivity index (χ0n) is 15.7. The lowest BCUT2D eigenvalue weighted by Crippen LogP contribution is -2.43. The monoisotopic (exact) mass is 385 g/mol. The van der Waals surface area contributed by atoms with Crippen molar-refractivity contribution in [1.29, 1.82) is 0 Å². The van der Waals surface area contributed by atoms with Crippen molar-refractivity contribution in [2.75, 3.05) is 14.2 Å². The number of carbonyl (C=O) groups is 2. The van der Waals surface area contributed by atoms with Gasteiger partial charge < -0.3 is 9.64 Å². The molecule has 0 unspecified atom stereocenters. The number of halogens is 1. The van der Waals surface area contributed by atoms with E-state index in [1.54, 1.807) is 17.0 Å². The third kappa shape index (κ3) is 4.01. The molecule has 1 amide bonds. The zero-order valence-corrected chi connectivity index (χ0v) is 16.5. The number of methoxy groups -OCH3 is 1. The highest BCUT2D eigenvalue weighted by atomic mass is 35.5. The molecule has 27 heavy (non-hydrogen) atoms. The van der Waals surface area contributed by atoms with Crippen molar-refractivity contribution >= 4 is 23.5 Å². The summed E-state index contributed by atoms with van der Waals surface area (Å²) in [6.45, 7) is 0.496. The second-order valence-corrected chi connectivity index (χ2v) is 7.58. The molecule has 1 saturated carbocycles. The van der Waals surface area contributed by atoms with Crippen LogP contribution in [-0.4, -0.2) is 30.9 Å². The predicted octanol–water partition coefficient (Wildman–Crippen LogP) is 4.60. The normalized spacial score (nSPS) is 15.4. The molecule has 1 fully saturated rings. The summed E-state index contributed by atoms with van der Waals surface area (Å²) in [4.78, 5) is 26.7. The first-order valence-corrected chi connectivity index (χ1v) is 9.53. The number of nitrogens with zero attached hydrogens (tertiary/aromatic N) is 1. The quantitative estimate of drug-likeness (QED) is 0.707.